The highest BCUT2D eigenvalue weighted by molar-refractivity contribution is 5.95. The number of anilines is 1. The molecule has 0 unspecified atom stereocenters. The predicted molar refractivity (Wildman–Crippen MR) is 49.7 cm³/mol. The van der Waals surface area contributed by atoms with Crippen LogP contribution in [0.2, 0.25) is 0 Å². The van der Waals surface area contributed by atoms with E-state index in [1.807, 2.05) is 19.3 Å². The number of guanidine groups is 1. The molecule has 5 heteroatoms. The highest BCUT2D eigenvalue weighted by Crippen LogP contribution is 2.00. The number of aryl methyl sites for hydroxylation is 1. The second kappa shape index (κ2) is 3.66. The summed E-state index contributed by atoms with van der Waals surface area (Å²) in [5.74, 6) is 1.18. The van der Waals surface area contributed by atoms with Crippen LogP contribution in [0.4, 0.5) is 5.82 Å². The molecular formula is C7H11N5. The Hall–Kier alpha value is -1.65. The van der Waals surface area contributed by atoms with Gasteiger partial charge in [0.25, 0.3) is 0 Å². The summed E-state index contributed by atoms with van der Waals surface area (Å²) in [7, 11) is 3.48. The quantitative estimate of drug-likeness (QED) is 0.487. The van der Waals surface area contributed by atoms with Gasteiger partial charge in [-0.15, -0.1) is 0 Å². The van der Waals surface area contributed by atoms with Gasteiger partial charge in [-0.1, -0.05) is 0 Å². The second-order valence-corrected chi connectivity index (χ2v) is 2.20. The standard InChI is InChI=1S/C7H11N5/c1-8-7(9-2)10-6-4-5-12(3)11-6/h4-5H,1H2,2-3H3,(H,9,10,11). The summed E-state index contributed by atoms with van der Waals surface area (Å²) in [5.41, 5.74) is 0. The Kier molecular flexibility index (Phi) is 2.57. The largest absolute Gasteiger partial charge is 0.308 e. The third kappa shape index (κ3) is 1.91. The molecule has 0 aromatic carbocycles. The summed E-state index contributed by atoms with van der Waals surface area (Å²) in [6.45, 7) is 3.36. The van der Waals surface area contributed by atoms with Crippen LogP contribution in [0.5, 0.6) is 0 Å². The Labute approximate surface area is 70.8 Å². The van der Waals surface area contributed by atoms with Crippen LogP contribution in [0.3, 0.4) is 0 Å². The number of hydrogen-bond acceptors (Lipinski definition) is 2. The van der Waals surface area contributed by atoms with Gasteiger partial charge in [0.15, 0.2) is 5.82 Å². The van der Waals surface area contributed by atoms with Crippen molar-refractivity contribution in [3.8, 4) is 0 Å². The first-order valence-corrected chi connectivity index (χ1v) is 3.46. The van der Waals surface area contributed by atoms with E-state index in [-0.39, 0.29) is 0 Å². The maximum absolute atomic E-state index is 4.08. The lowest BCUT2D eigenvalue weighted by Gasteiger charge is -1.98. The summed E-state index contributed by atoms with van der Waals surface area (Å²) in [6, 6.07) is 1.83. The molecule has 5 nitrogen and oxygen atoms in total. The van der Waals surface area contributed by atoms with Crippen molar-refractivity contribution in [1.82, 2.24) is 9.78 Å². The van der Waals surface area contributed by atoms with Crippen molar-refractivity contribution in [3.63, 3.8) is 0 Å². The Bertz CT molecular complexity index is 299. The second-order valence-electron chi connectivity index (χ2n) is 2.20. The first-order valence-electron chi connectivity index (χ1n) is 3.46. The Morgan fingerprint density at radius 2 is 2.50 bits per heavy atom. The minimum absolute atomic E-state index is 0.466. The molecular weight excluding hydrogens is 154 g/mol. The van der Waals surface area contributed by atoms with Gasteiger partial charge >= 0.3 is 0 Å². The van der Waals surface area contributed by atoms with Crippen molar-refractivity contribution in [2.75, 3.05) is 12.4 Å². The summed E-state index contributed by atoms with van der Waals surface area (Å²) in [4.78, 5) is 7.49. The molecule has 1 aromatic rings. The van der Waals surface area contributed by atoms with E-state index in [9.17, 15) is 0 Å². The number of nitrogens with zero attached hydrogens (tertiary/aromatic N) is 4. The van der Waals surface area contributed by atoms with Crippen molar-refractivity contribution in [2.24, 2.45) is 17.0 Å². The number of hydrogen-bond donors (Lipinski definition) is 1. The van der Waals surface area contributed by atoms with Crippen molar-refractivity contribution >= 4 is 18.5 Å². The van der Waals surface area contributed by atoms with E-state index < -0.39 is 0 Å². The normalized spacial score (nSPS) is 11.3. The first-order chi connectivity index (χ1) is 5.76. The molecule has 1 aromatic heterocycles. The zero-order valence-electron chi connectivity index (χ0n) is 7.15. The Balaban J connectivity index is 2.69. The maximum Gasteiger partial charge on any atom is 0.222 e. The van der Waals surface area contributed by atoms with Crippen LogP contribution in [0.15, 0.2) is 22.2 Å². The van der Waals surface area contributed by atoms with Crippen LogP contribution in [0.1, 0.15) is 0 Å². The van der Waals surface area contributed by atoms with Crippen LogP contribution in [-0.4, -0.2) is 29.5 Å². The minimum Gasteiger partial charge on any atom is -0.308 e. The van der Waals surface area contributed by atoms with E-state index in [1.54, 1.807) is 11.7 Å². The van der Waals surface area contributed by atoms with Gasteiger partial charge in [0, 0.05) is 26.4 Å². The Morgan fingerprint density at radius 3 is 2.92 bits per heavy atom. The number of aromatic nitrogens is 2. The van der Waals surface area contributed by atoms with E-state index in [0.717, 1.165) is 0 Å². The van der Waals surface area contributed by atoms with E-state index >= 15 is 0 Å². The molecule has 0 amide bonds. The summed E-state index contributed by atoms with van der Waals surface area (Å²) < 4.78 is 1.69. The fraction of sp³-hybridized carbons (Fsp3) is 0.286. The molecule has 64 valence electrons. The fourth-order valence-electron chi connectivity index (χ4n) is 0.762. The van der Waals surface area contributed by atoms with Gasteiger partial charge in [-0.2, -0.15) is 5.10 Å². The lowest BCUT2D eigenvalue weighted by atomic mass is 10.6. The average Bonchev–Trinajstić information content (AvgIpc) is 2.47. The zero-order valence-corrected chi connectivity index (χ0v) is 7.15. The average molecular weight is 165 g/mol. The van der Waals surface area contributed by atoms with Crippen LogP contribution in [-0.2, 0) is 7.05 Å². The van der Waals surface area contributed by atoms with Crippen LogP contribution < -0.4 is 5.32 Å². The summed E-state index contributed by atoms with van der Waals surface area (Å²) in [5, 5.41) is 6.97. The molecule has 1 heterocycles. The monoisotopic (exact) mass is 165 g/mol. The van der Waals surface area contributed by atoms with E-state index in [4.69, 9.17) is 0 Å². The molecule has 0 aliphatic carbocycles. The number of aliphatic imine (C=N–C) groups is 2. The molecule has 0 saturated carbocycles. The van der Waals surface area contributed by atoms with Crippen LogP contribution in [0, 0.1) is 0 Å². The first kappa shape index (κ1) is 8.45. The van der Waals surface area contributed by atoms with Crippen molar-refractivity contribution in [3.05, 3.63) is 12.3 Å². The third-order valence-electron chi connectivity index (χ3n) is 1.32. The third-order valence-corrected chi connectivity index (χ3v) is 1.32. The van der Waals surface area contributed by atoms with Crippen LogP contribution in [0.25, 0.3) is 0 Å². The molecule has 1 N–H and O–H groups in total. The molecule has 0 aliphatic rings. The van der Waals surface area contributed by atoms with Gasteiger partial charge in [-0.05, 0) is 6.72 Å². The van der Waals surface area contributed by atoms with Gasteiger partial charge in [-0.25, -0.2) is 4.99 Å². The molecule has 0 spiro atoms. The smallest absolute Gasteiger partial charge is 0.222 e. The minimum atomic E-state index is 0.466. The van der Waals surface area contributed by atoms with Crippen molar-refractivity contribution < 1.29 is 0 Å². The fourth-order valence-corrected chi connectivity index (χ4v) is 0.762. The van der Waals surface area contributed by atoms with Gasteiger partial charge < -0.3 is 5.32 Å². The highest BCUT2D eigenvalue weighted by Gasteiger charge is 1.97. The van der Waals surface area contributed by atoms with E-state index in [0.29, 0.717) is 11.8 Å². The Morgan fingerprint density at radius 1 is 1.75 bits per heavy atom. The highest BCUT2D eigenvalue weighted by atomic mass is 15.3. The molecule has 0 aliphatic heterocycles. The van der Waals surface area contributed by atoms with Gasteiger partial charge in [-0.3, -0.25) is 9.67 Å². The molecule has 0 bridgehead atoms. The van der Waals surface area contributed by atoms with Gasteiger partial charge in [0.2, 0.25) is 5.96 Å². The van der Waals surface area contributed by atoms with Crippen LogP contribution >= 0.6 is 0 Å². The van der Waals surface area contributed by atoms with Gasteiger partial charge in [0.05, 0.1) is 0 Å². The number of nitrogens with one attached hydrogen (secondary N) is 1. The molecule has 0 radical (unpaired) electrons. The zero-order chi connectivity index (χ0) is 8.97. The lowest BCUT2D eigenvalue weighted by Crippen LogP contribution is -2.09. The predicted octanol–water partition coefficient (Wildman–Crippen LogP) is 0.518. The topological polar surface area (TPSA) is 54.6 Å². The molecule has 0 atom stereocenters. The lowest BCUT2D eigenvalue weighted by molar-refractivity contribution is 0.771. The maximum atomic E-state index is 4.08. The van der Waals surface area contributed by atoms with Crippen molar-refractivity contribution in [1.29, 1.82) is 0 Å². The van der Waals surface area contributed by atoms with E-state index in [2.05, 4.69) is 27.1 Å². The SMILES string of the molecule is C=N/C(=N\C)Nc1ccn(C)n1. The molecule has 12 heavy (non-hydrogen) atoms. The summed E-state index contributed by atoms with van der Waals surface area (Å²) >= 11 is 0. The molecule has 0 fully saturated rings. The summed E-state index contributed by atoms with van der Waals surface area (Å²) in [6.07, 6.45) is 1.83. The number of rotatable bonds is 1. The molecule has 1 rings (SSSR count). The van der Waals surface area contributed by atoms with E-state index in [1.165, 1.54) is 0 Å². The van der Waals surface area contributed by atoms with Gasteiger partial charge in [0.1, 0.15) is 0 Å². The van der Waals surface area contributed by atoms with Crippen molar-refractivity contribution in [2.45, 2.75) is 0 Å². The molecule has 0 saturated heterocycles.